The molecule has 12 heavy (non-hydrogen) atoms. The molecule has 0 atom stereocenters. The fourth-order valence-corrected chi connectivity index (χ4v) is 1.51. The average molecular weight is 246 g/mol. The number of hydrogen-bond donors (Lipinski definition) is 1. The maximum Gasteiger partial charge on any atom is 0.283 e. The van der Waals surface area contributed by atoms with E-state index in [4.69, 9.17) is 0 Å². The van der Waals surface area contributed by atoms with Crippen molar-refractivity contribution in [3.63, 3.8) is 0 Å². The fraction of sp³-hybridized carbons (Fsp3) is 0.125. The highest BCUT2D eigenvalue weighted by Crippen LogP contribution is 2.20. The highest BCUT2D eigenvalue weighted by atomic mass is 79.9. The average Bonchev–Trinajstić information content (AvgIpc) is 2.09. The van der Waals surface area contributed by atoms with Crippen LogP contribution in [-0.4, -0.2) is 12.3 Å². The van der Waals surface area contributed by atoms with Gasteiger partial charge in [-0.3, -0.25) is 4.79 Å². The number of amides is 1. The summed E-state index contributed by atoms with van der Waals surface area (Å²) in [6, 6.07) is 7.60. The van der Waals surface area contributed by atoms with Crippen molar-refractivity contribution in [1.82, 2.24) is 5.32 Å². The standard InChI is InChI=1S/C8H8BrNOS/c1-10-8(11)12-7-4-2-6(9)3-5-7/h2-5H,1H3,(H,10,11). The first-order chi connectivity index (χ1) is 5.72. The Morgan fingerprint density at radius 1 is 1.42 bits per heavy atom. The van der Waals surface area contributed by atoms with Gasteiger partial charge in [-0.15, -0.1) is 0 Å². The third-order valence-electron chi connectivity index (χ3n) is 1.23. The molecule has 0 radical (unpaired) electrons. The van der Waals surface area contributed by atoms with Gasteiger partial charge in [-0.25, -0.2) is 0 Å². The van der Waals surface area contributed by atoms with Gasteiger partial charge in [0.15, 0.2) is 0 Å². The van der Waals surface area contributed by atoms with Crippen LogP contribution in [0.2, 0.25) is 0 Å². The Kier molecular flexibility index (Phi) is 3.62. The highest BCUT2D eigenvalue weighted by Gasteiger charge is 2.00. The molecule has 1 rings (SSSR count). The van der Waals surface area contributed by atoms with Gasteiger partial charge in [0, 0.05) is 16.4 Å². The minimum atomic E-state index is -0.0441. The van der Waals surface area contributed by atoms with E-state index in [0.29, 0.717) is 0 Å². The Hall–Kier alpha value is -0.480. The molecule has 0 heterocycles. The Morgan fingerprint density at radius 2 is 2.00 bits per heavy atom. The van der Waals surface area contributed by atoms with E-state index in [0.717, 1.165) is 9.37 Å². The van der Waals surface area contributed by atoms with Gasteiger partial charge in [-0.05, 0) is 36.0 Å². The smallest absolute Gasteiger partial charge is 0.283 e. The van der Waals surface area contributed by atoms with Crippen molar-refractivity contribution in [2.75, 3.05) is 7.05 Å². The second-order valence-corrected chi connectivity index (χ2v) is 4.06. The minimum Gasteiger partial charge on any atom is -0.350 e. The molecule has 1 aromatic carbocycles. The molecule has 1 amide bonds. The van der Waals surface area contributed by atoms with Gasteiger partial charge >= 0.3 is 0 Å². The summed E-state index contributed by atoms with van der Waals surface area (Å²) in [5, 5.41) is 2.50. The molecule has 4 heteroatoms. The molecule has 0 aliphatic carbocycles. The van der Waals surface area contributed by atoms with Gasteiger partial charge < -0.3 is 5.32 Å². The summed E-state index contributed by atoms with van der Waals surface area (Å²) in [7, 11) is 1.62. The summed E-state index contributed by atoms with van der Waals surface area (Å²) in [6.07, 6.45) is 0. The third kappa shape index (κ3) is 2.87. The fourth-order valence-electron chi connectivity index (χ4n) is 0.661. The number of carbonyl (C=O) groups is 1. The molecule has 0 aliphatic rings. The normalized spacial score (nSPS) is 9.50. The maximum absolute atomic E-state index is 10.9. The molecule has 0 aromatic heterocycles. The summed E-state index contributed by atoms with van der Waals surface area (Å²) in [6.45, 7) is 0. The molecule has 0 saturated carbocycles. The van der Waals surface area contributed by atoms with Crippen molar-refractivity contribution in [3.05, 3.63) is 28.7 Å². The first-order valence-electron chi connectivity index (χ1n) is 3.37. The van der Waals surface area contributed by atoms with Crippen LogP contribution in [0.1, 0.15) is 0 Å². The van der Waals surface area contributed by atoms with Gasteiger partial charge in [0.2, 0.25) is 0 Å². The number of hydrogen-bond acceptors (Lipinski definition) is 2. The van der Waals surface area contributed by atoms with Crippen LogP contribution in [0.5, 0.6) is 0 Å². The number of rotatable bonds is 1. The van der Waals surface area contributed by atoms with Gasteiger partial charge in [-0.1, -0.05) is 15.9 Å². The van der Waals surface area contributed by atoms with E-state index in [1.54, 1.807) is 7.05 Å². The molecule has 0 aliphatic heterocycles. The van der Waals surface area contributed by atoms with E-state index >= 15 is 0 Å². The second-order valence-electron chi connectivity index (χ2n) is 2.09. The number of thioether (sulfide) groups is 1. The number of nitrogens with one attached hydrogen (secondary N) is 1. The van der Waals surface area contributed by atoms with Crippen LogP contribution >= 0.6 is 27.7 Å². The first-order valence-corrected chi connectivity index (χ1v) is 4.98. The zero-order chi connectivity index (χ0) is 8.97. The molecule has 1 N–H and O–H groups in total. The predicted molar refractivity (Wildman–Crippen MR) is 54.5 cm³/mol. The SMILES string of the molecule is CNC(=O)Sc1ccc(Br)cc1. The quantitative estimate of drug-likeness (QED) is 0.772. The summed E-state index contributed by atoms with van der Waals surface area (Å²) in [5.41, 5.74) is 0. The summed E-state index contributed by atoms with van der Waals surface area (Å²) in [4.78, 5) is 11.8. The second kappa shape index (κ2) is 4.52. The van der Waals surface area contributed by atoms with Crippen molar-refractivity contribution in [1.29, 1.82) is 0 Å². The molecular weight excluding hydrogens is 238 g/mol. The van der Waals surface area contributed by atoms with Crippen LogP contribution in [0, 0.1) is 0 Å². The van der Waals surface area contributed by atoms with Gasteiger partial charge in [0.1, 0.15) is 0 Å². The zero-order valence-corrected chi connectivity index (χ0v) is 8.91. The Labute approximate surface area is 83.9 Å². The lowest BCUT2D eigenvalue weighted by molar-refractivity contribution is 0.262. The van der Waals surface area contributed by atoms with E-state index in [1.807, 2.05) is 24.3 Å². The minimum absolute atomic E-state index is 0.0441. The van der Waals surface area contributed by atoms with E-state index in [2.05, 4.69) is 21.2 Å². The van der Waals surface area contributed by atoms with Crippen LogP contribution in [0.15, 0.2) is 33.6 Å². The molecule has 2 nitrogen and oxygen atoms in total. The van der Waals surface area contributed by atoms with Gasteiger partial charge in [0.25, 0.3) is 5.24 Å². The molecule has 0 fully saturated rings. The monoisotopic (exact) mass is 245 g/mol. The molecule has 0 saturated heterocycles. The van der Waals surface area contributed by atoms with E-state index in [1.165, 1.54) is 11.8 Å². The third-order valence-corrected chi connectivity index (χ3v) is 2.65. The van der Waals surface area contributed by atoms with Crippen molar-refractivity contribution in [2.45, 2.75) is 4.90 Å². The largest absolute Gasteiger partial charge is 0.350 e. The van der Waals surface area contributed by atoms with Crippen molar-refractivity contribution in [2.24, 2.45) is 0 Å². The Balaban J connectivity index is 2.64. The lowest BCUT2D eigenvalue weighted by Gasteiger charge is -1.98. The zero-order valence-electron chi connectivity index (χ0n) is 6.50. The van der Waals surface area contributed by atoms with Crippen LogP contribution in [-0.2, 0) is 0 Å². The van der Waals surface area contributed by atoms with E-state index < -0.39 is 0 Å². The van der Waals surface area contributed by atoms with E-state index in [9.17, 15) is 4.79 Å². The summed E-state index contributed by atoms with van der Waals surface area (Å²) >= 11 is 4.50. The Bertz CT molecular complexity index is 273. The summed E-state index contributed by atoms with van der Waals surface area (Å²) in [5.74, 6) is 0. The van der Waals surface area contributed by atoms with Gasteiger partial charge in [-0.2, -0.15) is 0 Å². The van der Waals surface area contributed by atoms with Crippen LogP contribution in [0.4, 0.5) is 4.79 Å². The predicted octanol–water partition coefficient (Wildman–Crippen LogP) is 2.88. The van der Waals surface area contributed by atoms with Crippen LogP contribution < -0.4 is 5.32 Å². The first kappa shape index (κ1) is 9.61. The van der Waals surface area contributed by atoms with Crippen LogP contribution in [0.3, 0.4) is 0 Å². The maximum atomic E-state index is 10.9. The van der Waals surface area contributed by atoms with Gasteiger partial charge in [0.05, 0.1) is 0 Å². The summed E-state index contributed by atoms with van der Waals surface area (Å²) < 4.78 is 1.02. The lowest BCUT2D eigenvalue weighted by Crippen LogP contribution is -2.10. The highest BCUT2D eigenvalue weighted by molar-refractivity contribution is 9.10. The molecule has 1 aromatic rings. The van der Waals surface area contributed by atoms with E-state index in [-0.39, 0.29) is 5.24 Å². The van der Waals surface area contributed by atoms with Crippen molar-refractivity contribution >= 4 is 32.9 Å². The number of carbonyl (C=O) groups excluding carboxylic acids is 1. The molecule has 64 valence electrons. The number of benzene rings is 1. The molecule has 0 spiro atoms. The lowest BCUT2D eigenvalue weighted by atomic mass is 10.4. The topological polar surface area (TPSA) is 29.1 Å². The van der Waals surface area contributed by atoms with Crippen LogP contribution in [0.25, 0.3) is 0 Å². The van der Waals surface area contributed by atoms with Crippen molar-refractivity contribution < 1.29 is 4.79 Å². The Morgan fingerprint density at radius 3 is 2.50 bits per heavy atom. The molecular formula is C8H8BrNOS. The molecule has 0 bridgehead atoms. The number of halogens is 1. The van der Waals surface area contributed by atoms with Crippen molar-refractivity contribution in [3.8, 4) is 0 Å². The molecule has 0 unspecified atom stereocenters.